The van der Waals surface area contributed by atoms with Crippen LogP contribution in [0.5, 0.6) is 0 Å². The monoisotopic (exact) mass is 715 g/mol. The summed E-state index contributed by atoms with van der Waals surface area (Å²) in [5.41, 5.74) is 15.1. The number of hydrogen-bond acceptors (Lipinski definition) is 3. The molecular formula is C52H49N3. The third kappa shape index (κ3) is 7.48. The van der Waals surface area contributed by atoms with Crippen LogP contribution in [0.3, 0.4) is 0 Å². The van der Waals surface area contributed by atoms with Gasteiger partial charge in [0.15, 0.2) is 5.84 Å². The molecule has 7 aromatic carbocycles. The summed E-state index contributed by atoms with van der Waals surface area (Å²) in [6.45, 7) is 14.4. The second-order valence-electron chi connectivity index (χ2n) is 16.6. The Labute approximate surface area is 327 Å². The number of para-hydroxylation sites is 1. The largest absolute Gasteiger partial charge is 0.304 e. The molecule has 0 fully saturated rings. The van der Waals surface area contributed by atoms with Crippen molar-refractivity contribution in [3.05, 3.63) is 193 Å². The van der Waals surface area contributed by atoms with Crippen LogP contribution < -0.4 is 9.91 Å². The van der Waals surface area contributed by atoms with Gasteiger partial charge in [0.25, 0.3) is 0 Å². The van der Waals surface area contributed by atoms with Crippen molar-refractivity contribution in [2.75, 3.05) is 16.6 Å². The van der Waals surface area contributed by atoms with Gasteiger partial charge in [-0.25, -0.2) is 5.01 Å². The molecular weight excluding hydrogens is 667 g/mol. The summed E-state index contributed by atoms with van der Waals surface area (Å²) in [5, 5.41) is 7.92. The van der Waals surface area contributed by atoms with Crippen molar-refractivity contribution in [2.24, 2.45) is 5.10 Å². The second-order valence-corrected chi connectivity index (χ2v) is 16.6. The van der Waals surface area contributed by atoms with Gasteiger partial charge in [-0.3, -0.25) is 0 Å². The molecule has 0 radical (unpaired) electrons. The van der Waals surface area contributed by atoms with E-state index < -0.39 is 0 Å². The van der Waals surface area contributed by atoms with Crippen molar-refractivity contribution >= 4 is 17.2 Å². The third-order valence-electron chi connectivity index (χ3n) is 10.6. The SMILES string of the molecule is CC(C)(C)c1cc(C2=NN(c3c(-c4ccccc4)cccc3-c3ccccc3)CN2c2cc(-c3ccccc3)cc(-c3ccccc3)c2)cc(C(C)(C)C)c1. The first-order valence-electron chi connectivity index (χ1n) is 19.3. The number of hydrogen-bond donors (Lipinski definition) is 0. The van der Waals surface area contributed by atoms with Crippen LogP contribution in [0.4, 0.5) is 11.4 Å². The van der Waals surface area contributed by atoms with Crippen molar-refractivity contribution < 1.29 is 0 Å². The molecule has 0 bridgehead atoms. The number of benzene rings is 7. The Morgan fingerprint density at radius 2 is 0.818 bits per heavy atom. The lowest BCUT2D eigenvalue weighted by Crippen LogP contribution is -2.32. The second kappa shape index (κ2) is 14.6. The quantitative estimate of drug-likeness (QED) is 0.164. The van der Waals surface area contributed by atoms with Gasteiger partial charge in [-0.1, -0.05) is 187 Å². The molecule has 3 nitrogen and oxygen atoms in total. The summed E-state index contributed by atoms with van der Waals surface area (Å²) >= 11 is 0. The molecule has 1 aliphatic rings. The Kier molecular flexibility index (Phi) is 9.49. The summed E-state index contributed by atoms with van der Waals surface area (Å²) in [6.07, 6.45) is 0. The van der Waals surface area contributed by atoms with Crippen LogP contribution in [-0.2, 0) is 10.8 Å². The van der Waals surface area contributed by atoms with Crippen LogP contribution >= 0.6 is 0 Å². The highest BCUT2D eigenvalue weighted by atomic mass is 15.6. The minimum atomic E-state index is -0.0478. The molecule has 0 aliphatic carbocycles. The summed E-state index contributed by atoms with van der Waals surface area (Å²) < 4.78 is 0. The summed E-state index contributed by atoms with van der Waals surface area (Å²) in [6, 6.07) is 63.6. The van der Waals surface area contributed by atoms with Crippen LogP contribution in [0.1, 0.15) is 58.2 Å². The Balaban J connectivity index is 1.39. The van der Waals surface area contributed by atoms with Gasteiger partial charge in [0.05, 0.1) is 5.69 Å². The lowest BCUT2D eigenvalue weighted by atomic mass is 9.79. The van der Waals surface area contributed by atoms with E-state index >= 15 is 0 Å². The van der Waals surface area contributed by atoms with Gasteiger partial charge in [0, 0.05) is 22.4 Å². The number of nitrogens with zero attached hydrogens (tertiary/aromatic N) is 3. The first kappa shape index (κ1) is 35.8. The smallest absolute Gasteiger partial charge is 0.162 e. The predicted molar refractivity (Wildman–Crippen MR) is 235 cm³/mol. The van der Waals surface area contributed by atoms with Crippen LogP contribution in [-0.4, -0.2) is 12.5 Å². The minimum absolute atomic E-state index is 0.0478. The molecule has 1 aliphatic heterocycles. The number of hydrazone groups is 1. The molecule has 0 N–H and O–H groups in total. The van der Waals surface area contributed by atoms with Crippen molar-refractivity contribution in [2.45, 2.75) is 52.4 Å². The van der Waals surface area contributed by atoms with E-state index in [1.54, 1.807) is 0 Å². The molecule has 55 heavy (non-hydrogen) atoms. The molecule has 0 unspecified atom stereocenters. The van der Waals surface area contributed by atoms with Gasteiger partial charge in [0.1, 0.15) is 6.67 Å². The summed E-state index contributed by atoms with van der Waals surface area (Å²) in [7, 11) is 0. The molecule has 0 spiro atoms. The van der Waals surface area contributed by atoms with Gasteiger partial charge in [0.2, 0.25) is 0 Å². The zero-order valence-electron chi connectivity index (χ0n) is 32.8. The highest BCUT2D eigenvalue weighted by molar-refractivity contribution is 6.13. The zero-order chi connectivity index (χ0) is 38.2. The average Bonchev–Trinajstić information content (AvgIpc) is 3.66. The van der Waals surface area contributed by atoms with Gasteiger partial charge in [-0.15, -0.1) is 0 Å². The molecule has 0 saturated heterocycles. The van der Waals surface area contributed by atoms with E-state index in [-0.39, 0.29) is 10.8 Å². The van der Waals surface area contributed by atoms with Crippen LogP contribution in [0.15, 0.2) is 181 Å². The molecule has 0 aromatic heterocycles. The predicted octanol–water partition coefficient (Wildman–Crippen LogP) is 13.6. The number of rotatable bonds is 7. The van der Waals surface area contributed by atoms with E-state index in [0.717, 1.165) is 45.0 Å². The molecule has 0 saturated carbocycles. The fourth-order valence-electron chi connectivity index (χ4n) is 7.45. The van der Waals surface area contributed by atoms with Crippen molar-refractivity contribution in [3.63, 3.8) is 0 Å². The normalized spacial score (nSPS) is 13.2. The molecule has 1 heterocycles. The Hall–Kier alpha value is -6.19. The standard InChI is InChI=1S/C52H49N3/c1-51(2,3)44-31-43(32-45(35-44)52(4,5)6)50-53-55(49-47(39-24-15-9-16-25-39)28-19-29-48(49)40-26-17-10-18-27-40)36-54(50)46-33-41(37-20-11-7-12-21-37)30-42(34-46)38-22-13-8-14-23-38/h7-35H,36H2,1-6H3. The van der Waals surface area contributed by atoms with Gasteiger partial charge >= 0.3 is 0 Å². The van der Waals surface area contributed by atoms with E-state index in [1.165, 1.54) is 33.4 Å². The van der Waals surface area contributed by atoms with E-state index in [4.69, 9.17) is 5.10 Å². The first-order chi connectivity index (χ1) is 26.5. The topological polar surface area (TPSA) is 18.8 Å². The maximum Gasteiger partial charge on any atom is 0.162 e. The summed E-state index contributed by atoms with van der Waals surface area (Å²) in [4.78, 5) is 2.42. The van der Waals surface area contributed by atoms with Crippen LogP contribution in [0, 0.1) is 0 Å². The highest BCUT2D eigenvalue weighted by Crippen LogP contribution is 2.43. The Bertz CT molecular complexity index is 2310. The minimum Gasteiger partial charge on any atom is -0.304 e. The first-order valence-corrected chi connectivity index (χ1v) is 19.3. The van der Waals surface area contributed by atoms with E-state index in [9.17, 15) is 0 Å². The summed E-state index contributed by atoms with van der Waals surface area (Å²) in [5.74, 6) is 0.933. The maximum atomic E-state index is 5.69. The molecule has 0 amide bonds. The molecule has 272 valence electrons. The maximum absolute atomic E-state index is 5.69. The highest BCUT2D eigenvalue weighted by Gasteiger charge is 2.32. The Morgan fingerprint density at radius 1 is 0.400 bits per heavy atom. The number of amidine groups is 1. The van der Waals surface area contributed by atoms with Crippen molar-refractivity contribution in [1.82, 2.24) is 0 Å². The van der Waals surface area contributed by atoms with E-state index in [0.29, 0.717) is 6.67 Å². The fourth-order valence-corrected chi connectivity index (χ4v) is 7.45. The van der Waals surface area contributed by atoms with Crippen molar-refractivity contribution in [3.8, 4) is 44.5 Å². The fraction of sp³-hybridized carbons (Fsp3) is 0.173. The van der Waals surface area contributed by atoms with Crippen molar-refractivity contribution in [1.29, 1.82) is 0 Å². The van der Waals surface area contributed by atoms with E-state index in [1.807, 2.05) is 0 Å². The molecule has 0 atom stereocenters. The van der Waals surface area contributed by atoms with Gasteiger partial charge in [-0.05, 0) is 85.7 Å². The molecule has 3 heteroatoms. The third-order valence-corrected chi connectivity index (χ3v) is 10.6. The average molecular weight is 716 g/mol. The van der Waals surface area contributed by atoms with Crippen LogP contribution in [0.25, 0.3) is 44.5 Å². The molecule has 7 aromatic rings. The van der Waals surface area contributed by atoms with Gasteiger partial charge < -0.3 is 4.90 Å². The Morgan fingerprint density at radius 3 is 1.24 bits per heavy atom. The molecule has 8 rings (SSSR count). The lowest BCUT2D eigenvalue weighted by molar-refractivity contribution is 0.568. The van der Waals surface area contributed by atoms with E-state index in [2.05, 4.69) is 227 Å². The lowest BCUT2D eigenvalue weighted by Gasteiger charge is -2.28. The van der Waals surface area contributed by atoms with Crippen LogP contribution in [0.2, 0.25) is 0 Å². The number of anilines is 2. The van der Waals surface area contributed by atoms with Gasteiger partial charge in [-0.2, -0.15) is 5.10 Å². The zero-order valence-corrected chi connectivity index (χ0v) is 32.8.